The van der Waals surface area contributed by atoms with Gasteiger partial charge >= 0.3 is 0 Å². The maximum atomic E-state index is 12.7. The summed E-state index contributed by atoms with van der Waals surface area (Å²) in [6.45, 7) is 3.26. The number of carbonyl (C=O) groups excluding carboxylic acids is 1. The van der Waals surface area contributed by atoms with E-state index in [1.807, 2.05) is 31.1 Å². The van der Waals surface area contributed by atoms with E-state index in [0.717, 1.165) is 11.3 Å². The molecule has 0 atom stereocenters. The first-order valence-corrected chi connectivity index (χ1v) is 11.0. The number of amides is 1. The summed E-state index contributed by atoms with van der Waals surface area (Å²) in [5.41, 5.74) is 5.26. The van der Waals surface area contributed by atoms with Crippen molar-refractivity contribution in [2.45, 2.75) is 11.8 Å². The Hall–Kier alpha value is -2.75. The SMILES string of the molecule is C/C(=N\NC(=O)c1cccc(N(C)C)c1)c1ccc(S(=O)(=O)N2CCOCC2)cc1. The predicted molar refractivity (Wildman–Crippen MR) is 116 cm³/mol. The first kappa shape index (κ1) is 21.9. The van der Waals surface area contributed by atoms with Gasteiger partial charge < -0.3 is 9.64 Å². The third-order valence-corrected chi connectivity index (χ3v) is 6.74. The predicted octanol–water partition coefficient (Wildman–Crippen LogP) is 1.93. The van der Waals surface area contributed by atoms with E-state index in [2.05, 4.69) is 10.5 Å². The van der Waals surface area contributed by atoms with Crippen molar-refractivity contribution in [3.63, 3.8) is 0 Å². The number of benzene rings is 2. The molecule has 0 aromatic heterocycles. The van der Waals surface area contributed by atoms with E-state index in [4.69, 9.17) is 4.74 Å². The van der Waals surface area contributed by atoms with Crippen molar-refractivity contribution in [2.75, 3.05) is 45.3 Å². The van der Waals surface area contributed by atoms with Crippen molar-refractivity contribution >= 4 is 27.3 Å². The lowest BCUT2D eigenvalue weighted by Gasteiger charge is -2.26. The van der Waals surface area contributed by atoms with Crippen LogP contribution in [0.1, 0.15) is 22.8 Å². The molecule has 0 aliphatic carbocycles. The second-order valence-electron chi connectivity index (χ2n) is 7.12. The lowest BCUT2D eigenvalue weighted by atomic mass is 10.1. The Morgan fingerprint density at radius 3 is 2.37 bits per heavy atom. The zero-order valence-corrected chi connectivity index (χ0v) is 18.1. The minimum absolute atomic E-state index is 0.227. The molecular formula is C21H26N4O4S. The molecule has 1 heterocycles. The monoisotopic (exact) mass is 430 g/mol. The van der Waals surface area contributed by atoms with Crippen LogP contribution in [0.2, 0.25) is 0 Å². The summed E-state index contributed by atoms with van der Waals surface area (Å²) >= 11 is 0. The first-order chi connectivity index (χ1) is 14.3. The van der Waals surface area contributed by atoms with Gasteiger partial charge in [0.2, 0.25) is 10.0 Å². The third kappa shape index (κ3) is 5.05. The highest BCUT2D eigenvalue weighted by atomic mass is 32.2. The highest BCUT2D eigenvalue weighted by Gasteiger charge is 2.26. The summed E-state index contributed by atoms with van der Waals surface area (Å²) < 4.78 is 32.0. The summed E-state index contributed by atoms with van der Waals surface area (Å²) in [5.74, 6) is -0.315. The number of rotatable bonds is 6. The number of anilines is 1. The lowest BCUT2D eigenvalue weighted by molar-refractivity contribution is 0.0730. The van der Waals surface area contributed by atoms with Gasteiger partial charge in [0.1, 0.15) is 0 Å². The smallest absolute Gasteiger partial charge is 0.271 e. The summed E-state index contributed by atoms with van der Waals surface area (Å²) in [4.78, 5) is 14.5. The Labute approximate surface area is 177 Å². The van der Waals surface area contributed by atoms with Crippen LogP contribution < -0.4 is 10.3 Å². The fourth-order valence-electron chi connectivity index (χ4n) is 2.99. The zero-order chi connectivity index (χ0) is 21.7. The van der Waals surface area contributed by atoms with Crippen LogP contribution in [0, 0.1) is 0 Å². The van der Waals surface area contributed by atoms with Crippen LogP contribution in [0.3, 0.4) is 0 Å². The van der Waals surface area contributed by atoms with Gasteiger partial charge in [-0.2, -0.15) is 9.41 Å². The number of morpholine rings is 1. The van der Waals surface area contributed by atoms with Crippen LogP contribution >= 0.6 is 0 Å². The number of sulfonamides is 1. The second-order valence-corrected chi connectivity index (χ2v) is 9.06. The van der Waals surface area contributed by atoms with Gasteiger partial charge in [0.05, 0.1) is 23.8 Å². The summed E-state index contributed by atoms with van der Waals surface area (Å²) in [6, 6.07) is 13.7. The standard InChI is InChI=1S/C21H26N4O4S/c1-16(22-23-21(26)18-5-4-6-19(15-18)24(2)3)17-7-9-20(10-8-17)30(27,28)25-11-13-29-14-12-25/h4-10,15H,11-14H2,1-3H3,(H,23,26)/b22-16+. The molecule has 0 radical (unpaired) electrons. The number of hydrogen-bond acceptors (Lipinski definition) is 6. The lowest BCUT2D eigenvalue weighted by Crippen LogP contribution is -2.40. The highest BCUT2D eigenvalue weighted by Crippen LogP contribution is 2.18. The molecule has 0 spiro atoms. The van der Waals surface area contributed by atoms with E-state index in [1.165, 1.54) is 4.31 Å². The Bertz CT molecular complexity index is 1030. The van der Waals surface area contributed by atoms with Crippen LogP contribution in [0.4, 0.5) is 5.69 Å². The van der Waals surface area contributed by atoms with Gasteiger partial charge in [-0.15, -0.1) is 0 Å². The van der Waals surface area contributed by atoms with Gasteiger partial charge in [-0.05, 0) is 42.8 Å². The normalized spacial score (nSPS) is 15.6. The molecule has 1 amide bonds. The second kappa shape index (κ2) is 9.38. The third-order valence-electron chi connectivity index (χ3n) is 4.83. The maximum absolute atomic E-state index is 12.7. The molecule has 1 aliphatic rings. The molecule has 9 heteroatoms. The average molecular weight is 431 g/mol. The average Bonchev–Trinajstić information content (AvgIpc) is 2.78. The van der Waals surface area contributed by atoms with Gasteiger partial charge in [0.25, 0.3) is 5.91 Å². The molecular weight excluding hydrogens is 404 g/mol. The van der Waals surface area contributed by atoms with Crippen LogP contribution in [0.5, 0.6) is 0 Å². The molecule has 0 unspecified atom stereocenters. The van der Waals surface area contributed by atoms with Crippen molar-refractivity contribution in [1.82, 2.24) is 9.73 Å². The molecule has 1 saturated heterocycles. The van der Waals surface area contributed by atoms with E-state index in [-0.39, 0.29) is 10.8 Å². The van der Waals surface area contributed by atoms with Gasteiger partial charge in [-0.3, -0.25) is 4.79 Å². The molecule has 2 aromatic carbocycles. The fraction of sp³-hybridized carbons (Fsp3) is 0.333. The number of hydrogen-bond donors (Lipinski definition) is 1. The molecule has 2 aromatic rings. The van der Waals surface area contributed by atoms with Crippen molar-refractivity contribution < 1.29 is 17.9 Å². The molecule has 0 bridgehead atoms. The number of hydrazone groups is 1. The number of nitrogens with one attached hydrogen (secondary N) is 1. The minimum atomic E-state index is -3.54. The summed E-state index contributed by atoms with van der Waals surface area (Å²) in [6.07, 6.45) is 0. The Morgan fingerprint density at radius 1 is 1.07 bits per heavy atom. The molecule has 160 valence electrons. The summed E-state index contributed by atoms with van der Waals surface area (Å²) in [7, 11) is 0.272. The highest BCUT2D eigenvalue weighted by molar-refractivity contribution is 7.89. The molecule has 0 saturated carbocycles. The van der Waals surface area contributed by atoms with Crippen LogP contribution in [0.25, 0.3) is 0 Å². The van der Waals surface area contributed by atoms with E-state index >= 15 is 0 Å². The minimum Gasteiger partial charge on any atom is -0.379 e. The number of carbonyl (C=O) groups is 1. The molecule has 1 aliphatic heterocycles. The molecule has 30 heavy (non-hydrogen) atoms. The van der Waals surface area contributed by atoms with E-state index in [0.29, 0.717) is 37.6 Å². The van der Waals surface area contributed by atoms with E-state index in [9.17, 15) is 13.2 Å². The van der Waals surface area contributed by atoms with Gasteiger partial charge in [0.15, 0.2) is 0 Å². The zero-order valence-electron chi connectivity index (χ0n) is 17.3. The Balaban J connectivity index is 1.69. The van der Waals surface area contributed by atoms with Crippen LogP contribution in [-0.2, 0) is 14.8 Å². The van der Waals surface area contributed by atoms with Crippen LogP contribution in [-0.4, -0.2) is 64.7 Å². The molecule has 3 rings (SSSR count). The van der Waals surface area contributed by atoms with Crippen molar-refractivity contribution in [3.8, 4) is 0 Å². The Kier molecular flexibility index (Phi) is 6.86. The maximum Gasteiger partial charge on any atom is 0.271 e. The van der Waals surface area contributed by atoms with Crippen molar-refractivity contribution in [3.05, 3.63) is 59.7 Å². The van der Waals surface area contributed by atoms with E-state index < -0.39 is 10.0 Å². The largest absolute Gasteiger partial charge is 0.379 e. The molecule has 8 nitrogen and oxygen atoms in total. The Morgan fingerprint density at radius 2 is 1.73 bits per heavy atom. The molecule has 1 fully saturated rings. The topological polar surface area (TPSA) is 91.3 Å². The number of ether oxygens (including phenoxy) is 1. The van der Waals surface area contributed by atoms with Crippen LogP contribution in [0.15, 0.2) is 58.5 Å². The van der Waals surface area contributed by atoms with Gasteiger partial charge in [-0.25, -0.2) is 13.8 Å². The van der Waals surface area contributed by atoms with E-state index in [1.54, 1.807) is 43.3 Å². The molecule has 1 N–H and O–H groups in total. The van der Waals surface area contributed by atoms with Gasteiger partial charge in [0, 0.05) is 38.4 Å². The fourth-order valence-corrected chi connectivity index (χ4v) is 4.40. The number of nitrogens with zero attached hydrogens (tertiary/aromatic N) is 3. The van der Waals surface area contributed by atoms with Crippen molar-refractivity contribution in [2.24, 2.45) is 5.10 Å². The van der Waals surface area contributed by atoms with Gasteiger partial charge in [-0.1, -0.05) is 18.2 Å². The first-order valence-electron chi connectivity index (χ1n) is 9.59. The quantitative estimate of drug-likeness (QED) is 0.559. The summed E-state index contributed by atoms with van der Waals surface area (Å²) in [5, 5.41) is 4.15. The van der Waals surface area contributed by atoms with Crippen molar-refractivity contribution in [1.29, 1.82) is 0 Å².